The Morgan fingerprint density at radius 1 is 1.50 bits per heavy atom. The normalized spacial score (nSPS) is 9.69. The highest BCUT2D eigenvalue weighted by molar-refractivity contribution is 7.09. The molecule has 0 saturated carbocycles. The van der Waals surface area contributed by atoms with Crippen LogP contribution in [0.5, 0.6) is 0 Å². The molecule has 16 heavy (non-hydrogen) atoms. The van der Waals surface area contributed by atoms with Crippen molar-refractivity contribution in [2.45, 2.75) is 6.54 Å². The van der Waals surface area contributed by atoms with Crippen LogP contribution in [0.1, 0.15) is 10.6 Å². The average molecular weight is 231 g/mol. The summed E-state index contributed by atoms with van der Waals surface area (Å²) in [4.78, 5) is 9.15. The van der Waals surface area contributed by atoms with E-state index in [1.807, 2.05) is 6.07 Å². The van der Waals surface area contributed by atoms with Crippen molar-refractivity contribution < 1.29 is 0 Å². The van der Waals surface area contributed by atoms with Crippen LogP contribution < -0.4 is 11.1 Å². The van der Waals surface area contributed by atoms with Gasteiger partial charge in [-0.15, -0.1) is 11.3 Å². The molecule has 2 rings (SSSR count). The topological polar surface area (TPSA) is 87.6 Å². The lowest BCUT2D eigenvalue weighted by molar-refractivity contribution is 1.12. The van der Waals surface area contributed by atoms with Gasteiger partial charge in [-0.1, -0.05) is 0 Å². The Morgan fingerprint density at radius 2 is 2.38 bits per heavy atom. The summed E-state index contributed by atoms with van der Waals surface area (Å²) in [6, 6.07) is 5.36. The summed E-state index contributed by atoms with van der Waals surface area (Å²) in [5.41, 5.74) is 7.98. The van der Waals surface area contributed by atoms with E-state index in [0.717, 1.165) is 4.88 Å². The second kappa shape index (κ2) is 4.59. The summed E-state index contributed by atoms with van der Waals surface area (Å²) in [5, 5.41) is 11.9. The Labute approximate surface area is 96.6 Å². The van der Waals surface area contributed by atoms with Crippen molar-refractivity contribution in [3.05, 3.63) is 34.4 Å². The first kappa shape index (κ1) is 10.4. The minimum absolute atomic E-state index is 0.245. The van der Waals surface area contributed by atoms with Crippen LogP contribution in [0.2, 0.25) is 0 Å². The van der Waals surface area contributed by atoms with Crippen LogP contribution in [-0.4, -0.2) is 9.97 Å². The molecular formula is C10H9N5S. The number of rotatable bonds is 3. The molecule has 3 N–H and O–H groups in total. The SMILES string of the molecule is N#Cc1nc(NCc2cncs2)ccc1N. The standard InChI is InChI=1S/C10H9N5S/c11-3-9-8(12)1-2-10(15-9)14-5-7-4-13-6-16-7/h1-2,4,6H,5,12H2,(H,14,15). The van der Waals surface area contributed by atoms with E-state index in [0.29, 0.717) is 18.1 Å². The highest BCUT2D eigenvalue weighted by Crippen LogP contribution is 2.14. The molecule has 0 aliphatic heterocycles. The van der Waals surface area contributed by atoms with E-state index in [1.165, 1.54) is 0 Å². The minimum Gasteiger partial charge on any atom is -0.396 e. The lowest BCUT2D eigenvalue weighted by Gasteiger charge is -2.04. The van der Waals surface area contributed by atoms with Gasteiger partial charge < -0.3 is 11.1 Å². The van der Waals surface area contributed by atoms with Gasteiger partial charge in [-0.2, -0.15) is 5.26 Å². The Morgan fingerprint density at radius 3 is 3.06 bits per heavy atom. The first-order valence-electron chi connectivity index (χ1n) is 4.57. The Kier molecular flexibility index (Phi) is 2.98. The highest BCUT2D eigenvalue weighted by Gasteiger charge is 2.02. The lowest BCUT2D eigenvalue weighted by Crippen LogP contribution is -2.02. The number of nitrogen functional groups attached to an aromatic ring is 1. The minimum atomic E-state index is 0.245. The molecule has 0 spiro atoms. The predicted molar refractivity (Wildman–Crippen MR) is 62.8 cm³/mol. The van der Waals surface area contributed by atoms with Crippen molar-refractivity contribution in [1.82, 2.24) is 9.97 Å². The van der Waals surface area contributed by atoms with Crippen LogP contribution in [0.4, 0.5) is 11.5 Å². The number of nitrogens with one attached hydrogen (secondary N) is 1. The second-order valence-electron chi connectivity index (χ2n) is 3.07. The molecule has 0 fully saturated rings. The first-order chi connectivity index (χ1) is 7.79. The number of nitrogens with two attached hydrogens (primary N) is 1. The molecule has 0 saturated heterocycles. The van der Waals surface area contributed by atoms with Crippen LogP contribution >= 0.6 is 11.3 Å². The smallest absolute Gasteiger partial charge is 0.165 e. The van der Waals surface area contributed by atoms with Crippen molar-refractivity contribution >= 4 is 22.8 Å². The van der Waals surface area contributed by atoms with E-state index in [1.54, 1.807) is 35.2 Å². The van der Waals surface area contributed by atoms with E-state index >= 15 is 0 Å². The molecule has 2 aromatic rings. The molecule has 0 unspecified atom stereocenters. The molecule has 0 aromatic carbocycles. The third kappa shape index (κ3) is 2.27. The summed E-state index contributed by atoms with van der Waals surface area (Å²) in [7, 11) is 0. The zero-order chi connectivity index (χ0) is 11.4. The van der Waals surface area contributed by atoms with Gasteiger partial charge in [-0.05, 0) is 12.1 Å². The average Bonchev–Trinajstić information content (AvgIpc) is 2.81. The molecule has 5 nitrogen and oxygen atoms in total. The second-order valence-corrected chi connectivity index (χ2v) is 4.04. The summed E-state index contributed by atoms with van der Waals surface area (Å²) < 4.78 is 0. The third-order valence-electron chi connectivity index (χ3n) is 1.96. The molecule has 0 amide bonds. The van der Waals surface area contributed by atoms with Gasteiger partial charge in [-0.3, -0.25) is 4.98 Å². The Hall–Kier alpha value is -2.13. The van der Waals surface area contributed by atoms with Gasteiger partial charge in [0.1, 0.15) is 11.9 Å². The molecule has 0 bridgehead atoms. The van der Waals surface area contributed by atoms with E-state index in [4.69, 9.17) is 11.0 Å². The maximum absolute atomic E-state index is 8.77. The maximum atomic E-state index is 8.77. The molecule has 2 heterocycles. The van der Waals surface area contributed by atoms with Gasteiger partial charge >= 0.3 is 0 Å². The Bertz CT molecular complexity index is 515. The molecule has 0 atom stereocenters. The number of nitriles is 1. The van der Waals surface area contributed by atoms with Crippen LogP contribution in [0.15, 0.2) is 23.8 Å². The van der Waals surface area contributed by atoms with Crippen LogP contribution in [0.25, 0.3) is 0 Å². The quantitative estimate of drug-likeness (QED) is 0.837. The maximum Gasteiger partial charge on any atom is 0.165 e. The fourth-order valence-electron chi connectivity index (χ4n) is 1.17. The predicted octanol–water partition coefficient (Wildman–Crippen LogP) is 1.60. The molecule has 2 aromatic heterocycles. The largest absolute Gasteiger partial charge is 0.396 e. The highest BCUT2D eigenvalue weighted by atomic mass is 32.1. The molecule has 0 aliphatic carbocycles. The van der Waals surface area contributed by atoms with Crippen molar-refractivity contribution in [3.63, 3.8) is 0 Å². The number of anilines is 2. The fraction of sp³-hybridized carbons (Fsp3) is 0.100. The van der Waals surface area contributed by atoms with Gasteiger partial charge in [-0.25, -0.2) is 4.98 Å². The summed E-state index contributed by atoms with van der Waals surface area (Å²) >= 11 is 1.56. The van der Waals surface area contributed by atoms with Gasteiger partial charge in [0.15, 0.2) is 5.69 Å². The summed E-state index contributed by atoms with van der Waals surface area (Å²) in [6.45, 7) is 0.645. The zero-order valence-corrected chi connectivity index (χ0v) is 9.16. The van der Waals surface area contributed by atoms with Crippen molar-refractivity contribution in [2.75, 3.05) is 11.1 Å². The van der Waals surface area contributed by atoms with E-state index in [-0.39, 0.29) is 5.69 Å². The number of hydrogen-bond acceptors (Lipinski definition) is 6. The van der Waals surface area contributed by atoms with Gasteiger partial charge in [0, 0.05) is 11.1 Å². The van der Waals surface area contributed by atoms with Gasteiger partial charge in [0.05, 0.1) is 17.7 Å². The summed E-state index contributed by atoms with van der Waals surface area (Å²) in [6.07, 6.45) is 1.79. The number of hydrogen-bond donors (Lipinski definition) is 2. The van der Waals surface area contributed by atoms with Crippen LogP contribution in [0.3, 0.4) is 0 Å². The first-order valence-corrected chi connectivity index (χ1v) is 5.45. The summed E-state index contributed by atoms with van der Waals surface area (Å²) in [5.74, 6) is 0.638. The van der Waals surface area contributed by atoms with Gasteiger partial charge in [0.25, 0.3) is 0 Å². The molecular weight excluding hydrogens is 222 g/mol. The van der Waals surface area contributed by atoms with E-state index < -0.39 is 0 Å². The molecule has 80 valence electrons. The number of aromatic nitrogens is 2. The fourth-order valence-corrected chi connectivity index (χ4v) is 1.70. The van der Waals surface area contributed by atoms with E-state index in [9.17, 15) is 0 Å². The molecule has 6 heteroatoms. The molecule has 0 aliphatic rings. The van der Waals surface area contributed by atoms with Crippen molar-refractivity contribution in [2.24, 2.45) is 0 Å². The van der Waals surface area contributed by atoms with Crippen LogP contribution in [-0.2, 0) is 6.54 Å². The third-order valence-corrected chi connectivity index (χ3v) is 2.74. The lowest BCUT2D eigenvalue weighted by atomic mass is 10.3. The van der Waals surface area contributed by atoms with Crippen LogP contribution in [0, 0.1) is 11.3 Å². The van der Waals surface area contributed by atoms with Gasteiger partial charge in [0.2, 0.25) is 0 Å². The molecule has 0 radical (unpaired) electrons. The van der Waals surface area contributed by atoms with Crippen molar-refractivity contribution in [3.8, 4) is 6.07 Å². The van der Waals surface area contributed by atoms with E-state index in [2.05, 4.69) is 15.3 Å². The zero-order valence-electron chi connectivity index (χ0n) is 8.34. The monoisotopic (exact) mass is 231 g/mol. The number of thiazole rings is 1. The van der Waals surface area contributed by atoms with Crippen molar-refractivity contribution in [1.29, 1.82) is 5.26 Å². The Balaban J connectivity index is 2.08. The number of nitrogens with zero attached hydrogens (tertiary/aromatic N) is 3. The number of pyridine rings is 1.